The van der Waals surface area contributed by atoms with E-state index in [1.165, 1.54) is 16.9 Å². The van der Waals surface area contributed by atoms with Crippen LogP contribution in [0.3, 0.4) is 0 Å². The van der Waals surface area contributed by atoms with Crippen LogP contribution < -0.4 is 10.2 Å². The average molecular weight is 554 g/mol. The summed E-state index contributed by atoms with van der Waals surface area (Å²) in [5.74, 6) is -2.21. The number of aliphatic carboxylic acids is 1. The molecule has 0 spiro atoms. The molecule has 12 heteroatoms. The third kappa shape index (κ3) is 6.60. The molecule has 0 radical (unpaired) electrons. The fraction of sp³-hybridized carbons (Fsp3) is 0.111. The molecule has 0 bridgehead atoms. The Bertz CT molecular complexity index is 1570. The number of hydrogen-bond donors (Lipinski definition) is 2. The summed E-state index contributed by atoms with van der Waals surface area (Å²) >= 11 is 1.52. The number of imidazole rings is 1. The summed E-state index contributed by atoms with van der Waals surface area (Å²) in [7, 11) is 1.77. The molecule has 0 aliphatic carbocycles. The molecule has 2 aromatic carbocycles. The van der Waals surface area contributed by atoms with E-state index in [0.29, 0.717) is 18.1 Å². The van der Waals surface area contributed by atoms with E-state index < -0.39 is 12.1 Å². The first-order valence-electron chi connectivity index (χ1n) is 11.5. The summed E-state index contributed by atoms with van der Waals surface area (Å²) in [4.78, 5) is 34.0. The largest absolute Gasteiger partial charge is 0.490 e. The van der Waals surface area contributed by atoms with Crippen LogP contribution in [-0.2, 0) is 11.3 Å². The molecular weight excluding hydrogens is 531 g/mol. The van der Waals surface area contributed by atoms with Gasteiger partial charge in [0, 0.05) is 25.5 Å². The van der Waals surface area contributed by atoms with Crippen LogP contribution in [0, 0.1) is 0 Å². The van der Waals surface area contributed by atoms with Gasteiger partial charge in [0.05, 0.1) is 16.6 Å². The van der Waals surface area contributed by atoms with E-state index in [1.807, 2.05) is 77.3 Å². The summed E-state index contributed by atoms with van der Waals surface area (Å²) in [6, 6.07) is 25.5. The Labute approximate surface area is 225 Å². The third-order valence-corrected chi connectivity index (χ3v) is 6.41. The highest BCUT2D eigenvalue weighted by atomic mass is 32.1. The fourth-order valence-electron chi connectivity index (χ4n) is 3.53. The van der Waals surface area contributed by atoms with Crippen LogP contribution in [0.25, 0.3) is 16.2 Å². The number of nitrogens with zero attached hydrogens (tertiary/aromatic N) is 4. The first-order chi connectivity index (χ1) is 18.6. The van der Waals surface area contributed by atoms with E-state index in [0.717, 1.165) is 21.2 Å². The van der Waals surface area contributed by atoms with Crippen molar-refractivity contribution in [1.82, 2.24) is 14.4 Å². The molecule has 8 nitrogen and oxygen atoms in total. The van der Waals surface area contributed by atoms with E-state index in [1.54, 1.807) is 18.1 Å². The van der Waals surface area contributed by atoms with Gasteiger partial charge in [0.2, 0.25) is 0 Å². The maximum Gasteiger partial charge on any atom is 0.490 e. The molecular formula is C27H22F3N5O3S. The normalized spacial score (nSPS) is 11.0. The smallest absolute Gasteiger partial charge is 0.475 e. The molecule has 0 atom stereocenters. The summed E-state index contributed by atoms with van der Waals surface area (Å²) < 4.78 is 33.7. The van der Waals surface area contributed by atoms with E-state index in [-0.39, 0.29) is 5.91 Å². The van der Waals surface area contributed by atoms with Crippen molar-refractivity contribution < 1.29 is 27.9 Å². The number of carbonyl (C=O) groups excluding carboxylic acids is 1. The number of carboxylic acids is 1. The molecule has 0 saturated heterocycles. The number of nitrogens with one attached hydrogen (secondary N) is 1. The van der Waals surface area contributed by atoms with Crippen LogP contribution >= 0.6 is 11.3 Å². The van der Waals surface area contributed by atoms with Crippen molar-refractivity contribution in [2.45, 2.75) is 12.7 Å². The summed E-state index contributed by atoms with van der Waals surface area (Å²) in [5, 5.41) is 11.3. The Morgan fingerprint density at radius 1 is 1.00 bits per heavy atom. The molecule has 1 amide bonds. The summed E-state index contributed by atoms with van der Waals surface area (Å²) in [6.45, 7) is 0.696. The average Bonchev–Trinajstić information content (AvgIpc) is 3.57. The third-order valence-electron chi connectivity index (χ3n) is 5.45. The second-order valence-corrected chi connectivity index (χ2v) is 9.14. The lowest BCUT2D eigenvalue weighted by molar-refractivity contribution is -0.192. The first kappa shape index (κ1) is 27.3. The maximum absolute atomic E-state index is 13.3. The molecule has 5 rings (SSSR count). The molecule has 200 valence electrons. The predicted octanol–water partition coefficient (Wildman–Crippen LogP) is 5.98. The minimum Gasteiger partial charge on any atom is -0.475 e. The quantitative estimate of drug-likeness (QED) is 0.268. The molecule has 0 aliphatic heterocycles. The minimum atomic E-state index is -5.08. The number of carbonyl (C=O) groups is 2. The number of amides is 1. The fourth-order valence-corrected chi connectivity index (χ4v) is 4.33. The number of pyridine rings is 1. The Hall–Kier alpha value is -4.71. The number of hydrogen-bond acceptors (Lipinski definition) is 6. The second kappa shape index (κ2) is 11.8. The number of fused-ring (bicyclic) bond motifs is 1. The van der Waals surface area contributed by atoms with Gasteiger partial charge in [-0.3, -0.25) is 9.20 Å². The molecule has 3 heterocycles. The van der Waals surface area contributed by atoms with E-state index in [9.17, 15) is 18.0 Å². The van der Waals surface area contributed by atoms with Crippen LogP contribution in [-0.4, -0.2) is 44.6 Å². The van der Waals surface area contributed by atoms with Crippen molar-refractivity contribution in [2.75, 3.05) is 17.3 Å². The number of halogens is 3. The van der Waals surface area contributed by atoms with Crippen LogP contribution in [0.5, 0.6) is 0 Å². The summed E-state index contributed by atoms with van der Waals surface area (Å²) in [5.41, 5.74) is 3.19. The molecule has 2 N–H and O–H groups in total. The summed E-state index contributed by atoms with van der Waals surface area (Å²) in [6.07, 6.45) is -1.36. The highest BCUT2D eigenvalue weighted by molar-refractivity contribution is 7.18. The maximum atomic E-state index is 13.3. The van der Waals surface area contributed by atoms with Gasteiger partial charge in [-0.15, -0.1) is 0 Å². The lowest BCUT2D eigenvalue weighted by Crippen LogP contribution is -2.26. The number of alkyl halides is 3. The molecule has 39 heavy (non-hydrogen) atoms. The number of para-hydroxylation sites is 1. The highest BCUT2D eigenvalue weighted by Gasteiger charge is 2.38. The van der Waals surface area contributed by atoms with E-state index in [4.69, 9.17) is 14.9 Å². The van der Waals surface area contributed by atoms with Gasteiger partial charge in [-0.25, -0.2) is 14.8 Å². The zero-order chi connectivity index (χ0) is 28.0. The van der Waals surface area contributed by atoms with E-state index in [2.05, 4.69) is 22.4 Å². The van der Waals surface area contributed by atoms with Gasteiger partial charge >= 0.3 is 12.1 Å². The van der Waals surface area contributed by atoms with Gasteiger partial charge in [-0.2, -0.15) is 13.2 Å². The molecule has 0 aliphatic rings. The Balaban J connectivity index is 0.000000448. The Kier molecular flexibility index (Phi) is 8.25. The van der Waals surface area contributed by atoms with Gasteiger partial charge in [0.1, 0.15) is 0 Å². The Morgan fingerprint density at radius 3 is 2.26 bits per heavy atom. The van der Waals surface area contributed by atoms with Crippen molar-refractivity contribution in [3.63, 3.8) is 0 Å². The second-order valence-electron chi connectivity index (χ2n) is 8.11. The zero-order valence-electron chi connectivity index (χ0n) is 20.5. The lowest BCUT2D eigenvalue weighted by Gasteiger charge is -2.16. The SMILES string of the molecule is CN(C(=O)c1nc(-c2cnc(NCc3ccccc3)s2)n2ccccc12)c1ccccc1.O=C(O)C(F)(F)F. The number of thiazole rings is 1. The van der Waals surface area contributed by atoms with Crippen molar-refractivity contribution in [1.29, 1.82) is 0 Å². The number of anilines is 2. The van der Waals surface area contributed by atoms with E-state index >= 15 is 0 Å². The standard InChI is InChI=1S/C25H21N5OS.C2HF3O2/c1-29(19-12-6-3-7-13-19)24(31)22-20-14-8-9-15-30(20)23(28-22)21-17-27-25(32-21)26-16-18-10-4-2-5-11-18;3-2(4,5)1(6)7/h2-15,17H,16H2,1H3,(H,26,27);(H,6,7). The van der Waals surface area contributed by atoms with Crippen LogP contribution in [0.15, 0.2) is 91.3 Å². The van der Waals surface area contributed by atoms with Crippen LogP contribution in [0.2, 0.25) is 0 Å². The van der Waals surface area contributed by atoms with Crippen molar-refractivity contribution in [3.05, 3.63) is 103 Å². The van der Waals surface area contributed by atoms with Gasteiger partial charge in [-0.05, 0) is 29.8 Å². The number of carboxylic acid groups (broad SMARTS) is 1. The molecule has 0 unspecified atom stereocenters. The number of benzene rings is 2. The molecule has 5 aromatic rings. The van der Waals surface area contributed by atoms with Gasteiger partial charge in [0.15, 0.2) is 16.6 Å². The van der Waals surface area contributed by atoms with Crippen molar-refractivity contribution >= 4 is 39.5 Å². The van der Waals surface area contributed by atoms with Gasteiger partial charge in [0.25, 0.3) is 5.91 Å². The number of rotatable bonds is 6. The number of aromatic nitrogens is 3. The minimum absolute atomic E-state index is 0.155. The van der Waals surface area contributed by atoms with Gasteiger partial charge in [-0.1, -0.05) is 65.9 Å². The predicted molar refractivity (Wildman–Crippen MR) is 143 cm³/mol. The topological polar surface area (TPSA) is 99.8 Å². The lowest BCUT2D eigenvalue weighted by atomic mass is 10.2. The molecule has 0 fully saturated rings. The van der Waals surface area contributed by atoms with Crippen LogP contribution in [0.4, 0.5) is 24.0 Å². The zero-order valence-corrected chi connectivity index (χ0v) is 21.3. The molecule has 3 aromatic heterocycles. The molecule has 0 saturated carbocycles. The Morgan fingerprint density at radius 2 is 1.62 bits per heavy atom. The van der Waals surface area contributed by atoms with Crippen LogP contribution in [0.1, 0.15) is 16.1 Å². The van der Waals surface area contributed by atoms with Crippen molar-refractivity contribution in [2.24, 2.45) is 0 Å². The monoisotopic (exact) mass is 553 g/mol. The first-order valence-corrected chi connectivity index (χ1v) is 12.3. The van der Waals surface area contributed by atoms with Crippen molar-refractivity contribution in [3.8, 4) is 10.7 Å². The van der Waals surface area contributed by atoms with Gasteiger partial charge < -0.3 is 15.3 Å². The highest BCUT2D eigenvalue weighted by Crippen LogP contribution is 2.31.